The summed E-state index contributed by atoms with van der Waals surface area (Å²) in [6.07, 6.45) is 1.82. The van der Waals surface area contributed by atoms with E-state index in [0.717, 1.165) is 12.3 Å². The van der Waals surface area contributed by atoms with Gasteiger partial charge in [0.1, 0.15) is 0 Å². The van der Waals surface area contributed by atoms with Gasteiger partial charge in [-0.05, 0) is 17.6 Å². The van der Waals surface area contributed by atoms with Crippen molar-refractivity contribution in [3.63, 3.8) is 0 Å². The van der Waals surface area contributed by atoms with Crippen molar-refractivity contribution >= 4 is 17.7 Å². The molecule has 0 saturated carbocycles. The first kappa shape index (κ1) is 14.8. The SMILES string of the molecule is CCCSC(C)CC(=O)NCC(C)(C)C. The number of carbonyl (C=O) groups is 1. The first-order valence-electron chi connectivity index (χ1n) is 5.73. The van der Waals surface area contributed by atoms with Crippen LogP contribution in [0.3, 0.4) is 0 Å². The van der Waals surface area contributed by atoms with Crippen molar-refractivity contribution in [3.05, 3.63) is 0 Å². The summed E-state index contributed by atoms with van der Waals surface area (Å²) in [6, 6.07) is 0. The molecule has 0 aromatic heterocycles. The smallest absolute Gasteiger partial charge is 0.221 e. The molecule has 3 heteroatoms. The lowest BCUT2D eigenvalue weighted by molar-refractivity contribution is -0.121. The minimum atomic E-state index is 0.176. The van der Waals surface area contributed by atoms with Crippen LogP contribution in [0.15, 0.2) is 0 Å². The van der Waals surface area contributed by atoms with Crippen LogP contribution in [-0.4, -0.2) is 23.5 Å². The van der Waals surface area contributed by atoms with Gasteiger partial charge in [0, 0.05) is 18.2 Å². The maximum atomic E-state index is 11.5. The van der Waals surface area contributed by atoms with Gasteiger partial charge in [0.25, 0.3) is 0 Å². The van der Waals surface area contributed by atoms with Gasteiger partial charge >= 0.3 is 0 Å². The molecule has 1 unspecified atom stereocenters. The Hall–Kier alpha value is -0.180. The zero-order valence-electron chi connectivity index (χ0n) is 10.7. The monoisotopic (exact) mass is 231 g/mol. The zero-order valence-corrected chi connectivity index (χ0v) is 11.5. The predicted octanol–water partition coefficient (Wildman–Crippen LogP) is 3.07. The van der Waals surface area contributed by atoms with Crippen LogP contribution >= 0.6 is 11.8 Å². The fourth-order valence-corrected chi connectivity index (χ4v) is 1.98. The molecule has 0 rings (SSSR count). The van der Waals surface area contributed by atoms with E-state index in [-0.39, 0.29) is 11.3 Å². The molecule has 0 radical (unpaired) electrons. The minimum absolute atomic E-state index is 0.176. The van der Waals surface area contributed by atoms with E-state index in [1.54, 1.807) is 0 Å². The summed E-state index contributed by atoms with van der Waals surface area (Å²) in [5.41, 5.74) is 0.176. The Labute approximate surface area is 98.6 Å². The van der Waals surface area contributed by atoms with E-state index >= 15 is 0 Å². The van der Waals surface area contributed by atoms with Gasteiger partial charge in [0.2, 0.25) is 5.91 Å². The number of hydrogen-bond acceptors (Lipinski definition) is 2. The van der Waals surface area contributed by atoms with E-state index < -0.39 is 0 Å². The lowest BCUT2D eigenvalue weighted by atomic mass is 9.97. The van der Waals surface area contributed by atoms with Gasteiger partial charge < -0.3 is 5.32 Å². The van der Waals surface area contributed by atoms with Crippen LogP contribution < -0.4 is 5.32 Å². The van der Waals surface area contributed by atoms with Crippen LogP contribution in [0.1, 0.15) is 47.5 Å². The molecule has 1 amide bonds. The molecule has 0 bridgehead atoms. The van der Waals surface area contributed by atoms with E-state index in [1.165, 1.54) is 6.42 Å². The van der Waals surface area contributed by atoms with Crippen molar-refractivity contribution in [1.29, 1.82) is 0 Å². The molecule has 1 atom stereocenters. The standard InChI is InChI=1S/C12H25NOS/c1-6-7-15-10(2)8-11(14)13-9-12(3,4)5/h10H,6-9H2,1-5H3,(H,13,14). The number of nitrogens with one attached hydrogen (secondary N) is 1. The molecular formula is C12H25NOS. The van der Waals surface area contributed by atoms with Crippen LogP contribution in [-0.2, 0) is 4.79 Å². The second-order valence-corrected chi connectivity index (χ2v) is 6.77. The highest BCUT2D eigenvalue weighted by Crippen LogP contribution is 2.15. The van der Waals surface area contributed by atoms with Crippen molar-refractivity contribution in [3.8, 4) is 0 Å². The number of hydrogen-bond donors (Lipinski definition) is 1. The summed E-state index contributed by atoms with van der Waals surface area (Å²) in [5.74, 6) is 1.33. The molecule has 15 heavy (non-hydrogen) atoms. The number of carbonyl (C=O) groups excluding carboxylic acids is 1. The van der Waals surface area contributed by atoms with Gasteiger partial charge in [-0.1, -0.05) is 34.6 Å². The molecule has 0 aromatic rings. The molecule has 0 fully saturated rings. The number of thioether (sulfide) groups is 1. The third-order valence-electron chi connectivity index (χ3n) is 1.90. The third-order valence-corrected chi connectivity index (χ3v) is 3.27. The minimum Gasteiger partial charge on any atom is -0.356 e. The van der Waals surface area contributed by atoms with E-state index in [4.69, 9.17) is 0 Å². The molecule has 0 spiro atoms. The summed E-state index contributed by atoms with van der Waals surface area (Å²) in [7, 11) is 0. The second kappa shape index (κ2) is 7.15. The van der Waals surface area contributed by atoms with Crippen LogP contribution in [0.2, 0.25) is 0 Å². The van der Waals surface area contributed by atoms with Crippen molar-refractivity contribution in [2.45, 2.75) is 52.7 Å². The molecule has 0 aliphatic heterocycles. The highest BCUT2D eigenvalue weighted by molar-refractivity contribution is 7.99. The van der Waals surface area contributed by atoms with Gasteiger partial charge in [0.15, 0.2) is 0 Å². The fraction of sp³-hybridized carbons (Fsp3) is 0.917. The lowest BCUT2D eigenvalue weighted by Gasteiger charge is -2.19. The first-order valence-corrected chi connectivity index (χ1v) is 6.78. The van der Waals surface area contributed by atoms with Crippen molar-refractivity contribution < 1.29 is 4.79 Å². The second-order valence-electron chi connectivity index (χ2n) is 5.22. The highest BCUT2D eigenvalue weighted by Gasteiger charge is 2.13. The molecule has 1 N–H and O–H groups in total. The summed E-state index contributed by atoms with van der Waals surface area (Å²) in [6.45, 7) is 11.4. The highest BCUT2D eigenvalue weighted by atomic mass is 32.2. The van der Waals surface area contributed by atoms with Gasteiger partial charge in [0.05, 0.1) is 0 Å². The molecule has 2 nitrogen and oxygen atoms in total. The molecule has 0 aromatic carbocycles. The molecular weight excluding hydrogens is 206 g/mol. The number of amides is 1. The van der Waals surface area contributed by atoms with E-state index in [2.05, 4.69) is 39.9 Å². The molecule has 0 aliphatic rings. The third kappa shape index (κ3) is 10.1. The zero-order chi connectivity index (χ0) is 11.9. The van der Waals surface area contributed by atoms with E-state index in [9.17, 15) is 4.79 Å². The Morgan fingerprint density at radius 1 is 1.40 bits per heavy atom. The predicted molar refractivity (Wildman–Crippen MR) is 69.3 cm³/mol. The van der Waals surface area contributed by atoms with Crippen molar-refractivity contribution in [1.82, 2.24) is 5.32 Å². The van der Waals surface area contributed by atoms with E-state index in [0.29, 0.717) is 11.7 Å². The van der Waals surface area contributed by atoms with Crippen LogP contribution in [0.25, 0.3) is 0 Å². The Kier molecular flexibility index (Phi) is 7.07. The molecule has 0 heterocycles. The van der Waals surface area contributed by atoms with Crippen LogP contribution in [0.5, 0.6) is 0 Å². The Balaban J connectivity index is 3.64. The van der Waals surface area contributed by atoms with Gasteiger partial charge in [-0.3, -0.25) is 4.79 Å². The lowest BCUT2D eigenvalue weighted by Crippen LogP contribution is -2.33. The Bertz CT molecular complexity index is 187. The fourth-order valence-electron chi connectivity index (χ4n) is 1.07. The topological polar surface area (TPSA) is 29.1 Å². The Morgan fingerprint density at radius 2 is 2.00 bits per heavy atom. The molecule has 90 valence electrons. The van der Waals surface area contributed by atoms with E-state index in [1.807, 2.05) is 11.8 Å². The maximum absolute atomic E-state index is 11.5. The quantitative estimate of drug-likeness (QED) is 0.761. The summed E-state index contributed by atoms with van der Waals surface area (Å²) in [5, 5.41) is 3.41. The van der Waals surface area contributed by atoms with Crippen LogP contribution in [0, 0.1) is 5.41 Å². The van der Waals surface area contributed by atoms with Crippen LogP contribution in [0.4, 0.5) is 0 Å². The average molecular weight is 231 g/mol. The van der Waals surface area contributed by atoms with Crippen molar-refractivity contribution in [2.24, 2.45) is 5.41 Å². The summed E-state index contributed by atoms with van der Waals surface area (Å²) < 4.78 is 0. The number of rotatable bonds is 6. The summed E-state index contributed by atoms with van der Waals surface area (Å²) >= 11 is 1.88. The Morgan fingerprint density at radius 3 is 2.47 bits per heavy atom. The summed E-state index contributed by atoms with van der Waals surface area (Å²) in [4.78, 5) is 11.5. The van der Waals surface area contributed by atoms with Gasteiger partial charge in [-0.15, -0.1) is 0 Å². The largest absolute Gasteiger partial charge is 0.356 e. The van der Waals surface area contributed by atoms with Crippen molar-refractivity contribution in [2.75, 3.05) is 12.3 Å². The molecule has 0 saturated heterocycles. The van der Waals surface area contributed by atoms with Gasteiger partial charge in [-0.2, -0.15) is 11.8 Å². The first-order chi connectivity index (χ1) is 6.85. The van der Waals surface area contributed by atoms with Gasteiger partial charge in [-0.25, -0.2) is 0 Å². The molecule has 0 aliphatic carbocycles. The maximum Gasteiger partial charge on any atom is 0.221 e. The average Bonchev–Trinajstić information content (AvgIpc) is 2.10. The normalized spacial score (nSPS) is 13.7.